The van der Waals surface area contributed by atoms with Gasteiger partial charge >= 0.3 is 0 Å². The first kappa shape index (κ1) is 10.5. The maximum absolute atomic E-state index is 11.6. The van der Waals surface area contributed by atoms with E-state index in [4.69, 9.17) is 4.74 Å². The maximum atomic E-state index is 11.6. The monoisotopic (exact) mass is 269 g/mol. The van der Waals surface area contributed by atoms with Crippen LogP contribution in [0.5, 0.6) is 5.75 Å². The van der Waals surface area contributed by atoms with Gasteiger partial charge in [-0.25, -0.2) is 0 Å². The van der Waals surface area contributed by atoms with Crippen LogP contribution in [0.25, 0.3) is 0 Å². The minimum Gasteiger partial charge on any atom is -0.485 e. The van der Waals surface area contributed by atoms with E-state index in [1.54, 1.807) is 0 Å². The molecule has 1 aliphatic rings. The van der Waals surface area contributed by atoms with Crippen molar-refractivity contribution in [3.05, 3.63) is 22.7 Å². The molecule has 0 unspecified atom stereocenters. The molecule has 0 saturated carbocycles. The topological polar surface area (TPSA) is 38.3 Å². The summed E-state index contributed by atoms with van der Waals surface area (Å²) in [6, 6.07) is 5.59. The Kier molecular flexibility index (Phi) is 2.46. The average Bonchev–Trinajstić information content (AvgIpc) is 2.18. The quantitative estimate of drug-likeness (QED) is 0.787. The Morgan fingerprint density at radius 2 is 2.20 bits per heavy atom. The highest BCUT2D eigenvalue weighted by Crippen LogP contribution is 2.34. The summed E-state index contributed by atoms with van der Waals surface area (Å²) in [5.74, 6) is 0.700. The molecule has 1 amide bonds. The zero-order chi connectivity index (χ0) is 11.1. The van der Waals surface area contributed by atoms with Crippen molar-refractivity contribution < 1.29 is 9.53 Å². The smallest absolute Gasteiger partial charge is 0.228 e. The van der Waals surface area contributed by atoms with Gasteiger partial charge in [-0.05, 0) is 32.0 Å². The Labute approximate surface area is 96.9 Å². The number of fused-ring (bicyclic) bond motifs is 1. The molecule has 0 atom stereocenters. The van der Waals surface area contributed by atoms with Crippen molar-refractivity contribution in [1.29, 1.82) is 0 Å². The Bertz CT molecular complexity index is 415. The Morgan fingerprint density at radius 1 is 1.47 bits per heavy atom. The van der Waals surface area contributed by atoms with Gasteiger partial charge in [-0.2, -0.15) is 0 Å². The van der Waals surface area contributed by atoms with E-state index in [0.29, 0.717) is 12.2 Å². The molecule has 0 bridgehead atoms. The SMILES string of the molecule is CC1(C)CC(=O)Nc2cc(Br)ccc2O1. The molecule has 0 radical (unpaired) electrons. The van der Waals surface area contributed by atoms with E-state index in [1.165, 1.54) is 0 Å². The van der Waals surface area contributed by atoms with Gasteiger partial charge in [-0.1, -0.05) is 15.9 Å². The summed E-state index contributed by atoms with van der Waals surface area (Å²) < 4.78 is 6.69. The molecule has 0 spiro atoms. The fourth-order valence-electron chi connectivity index (χ4n) is 1.60. The Balaban J connectivity index is 2.45. The first-order valence-electron chi connectivity index (χ1n) is 4.75. The number of halogens is 1. The molecule has 0 saturated heterocycles. The van der Waals surface area contributed by atoms with Crippen molar-refractivity contribution in [3.63, 3.8) is 0 Å². The van der Waals surface area contributed by atoms with Gasteiger partial charge in [-0.3, -0.25) is 4.79 Å². The van der Waals surface area contributed by atoms with E-state index in [9.17, 15) is 4.79 Å². The fraction of sp³-hybridized carbons (Fsp3) is 0.364. The lowest BCUT2D eigenvalue weighted by Gasteiger charge is -2.23. The van der Waals surface area contributed by atoms with Crippen LogP contribution in [-0.2, 0) is 4.79 Å². The number of rotatable bonds is 0. The van der Waals surface area contributed by atoms with Gasteiger partial charge in [0.25, 0.3) is 0 Å². The van der Waals surface area contributed by atoms with Crippen LogP contribution in [0.1, 0.15) is 20.3 Å². The van der Waals surface area contributed by atoms with Gasteiger partial charge in [0, 0.05) is 4.47 Å². The lowest BCUT2D eigenvalue weighted by atomic mass is 10.1. The average molecular weight is 270 g/mol. The van der Waals surface area contributed by atoms with Gasteiger partial charge in [0.15, 0.2) is 0 Å². The molecule has 15 heavy (non-hydrogen) atoms. The Morgan fingerprint density at radius 3 is 2.93 bits per heavy atom. The second kappa shape index (κ2) is 3.52. The molecule has 4 heteroatoms. The summed E-state index contributed by atoms with van der Waals surface area (Å²) in [6.07, 6.45) is 0.360. The first-order chi connectivity index (χ1) is 6.96. The third kappa shape index (κ3) is 2.31. The van der Waals surface area contributed by atoms with Crippen LogP contribution in [0.3, 0.4) is 0 Å². The summed E-state index contributed by atoms with van der Waals surface area (Å²) in [6.45, 7) is 3.81. The lowest BCUT2D eigenvalue weighted by molar-refractivity contribution is -0.118. The largest absolute Gasteiger partial charge is 0.485 e. The summed E-state index contributed by atoms with van der Waals surface area (Å²) in [4.78, 5) is 11.6. The number of hydrogen-bond donors (Lipinski definition) is 1. The number of ether oxygens (including phenoxy) is 1. The van der Waals surface area contributed by atoms with E-state index in [2.05, 4.69) is 21.2 Å². The van der Waals surface area contributed by atoms with Crippen LogP contribution in [0.2, 0.25) is 0 Å². The van der Waals surface area contributed by atoms with E-state index in [1.807, 2.05) is 32.0 Å². The number of benzene rings is 1. The first-order valence-corrected chi connectivity index (χ1v) is 5.54. The lowest BCUT2D eigenvalue weighted by Crippen LogP contribution is -2.30. The summed E-state index contributed by atoms with van der Waals surface area (Å²) in [5.41, 5.74) is 0.267. The highest BCUT2D eigenvalue weighted by atomic mass is 79.9. The van der Waals surface area contributed by atoms with Crippen LogP contribution in [0.15, 0.2) is 22.7 Å². The van der Waals surface area contributed by atoms with Crippen LogP contribution < -0.4 is 10.1 Å². The van der Waals surface area contributed by atoms with Gasteiger partial charge in [0.05, 0.1) is 12.1 Å². The van der Waals surface area contributed by atoms with Crippen LogP contribution >= 0.6 is 15.9 Å². The molecule has 1 aliphatic heterocycles. The highest BCUT2D eigenvalue weighted by molar-refractivity contribution is 9.10. The van der Waals surface area contributed by atoms with Crippen molar-refractivity contribution in [2.24, 2.45) is 0 Å². The van der Waals surface area contributed by atoms with Crippen LogP contribution in [0, 0.1) is 0 Å². The van der Waals surface area contributed by atoms with Crippen molar-refractivity contribution in [2.45, 2.75) is 25.9 Å². The molecular formula is C11H12BrNO2. The predicted molar refractivity (Wildman–Crippen MR) is 62.1 cm³/mol. The molecule has 3 nitrogen and oxygen atoms in total. The Hall–Kier alpha value is -1.03. The highest BCUT2D eigenvalue weighted by Gasteiger charge is 2.28. The number of carbonyl (C=O) groups is 1. The van der Waals surface area contributed by atoms with Gasteiger partial charge in [0.2, 0.25) is 5.91 Å². The van der Waals surface area contributed by atoms with Gasteiger partial charge < -0.3 is 10.1 Å². The molecule has 1 aromatic carbocycles. The zero-order valence-corrected chi connectivity index (χ0v) is 10.2. The third-order valence-corrected chi connectivity index (χ3v) is 2.68. The molecule has 0 aromatic heterocycles. The van der Waals surface area contributed by atoms with Gasteiger partial charge in [0.1, 0.15) is 11.4 Å². The van der Waals surface area contributed by atoms with Crippen LogP contribution in [0.4, 0.5) is 5.69 Å². The number of carbonyl (C=O) groups excluding carboxylic acids is 1. The molecule has 0 fully saturated rings. The normalized spacial score (nSPS) is 18.5. The minimum absolute atomic E-state index is 0.0168. The van der Waals surface area contributed by atoms with Crippen molar-refractivity contribution in [3.8, 4) is 5.75 Å². The molecule has 1 aromatic rings. The third-order valence-electron chi connectivity index (χ3n) is 2.19. The summed E-state index contributed by atoms with van der Waals surface area (Å²) in [7, 11) is 0. The standard InChI is InChI=1S/C11H12BrNO2/c1-11(2)6-10(14)13-8-5-7(12)3-4-9(8)15-11/h3-5H,6H2,1-2H3,(H,13,14). The van der Waals surface area contributed by atoms with Crippen molar-refractivity contribution >= 4 is 27.5 Å². The summed E-state index contributed by atoms with van der Waals surface area (Å²) in [5, 5.41) is 2.82. The number of hydrogen-bond acceptors (Lipinski definition) is 2. The molecule has 2 rings (SSSR count). The fourth-order valence-corrected chi connectivity index (χ4v) is 1.96. The molecule has 1 N–H and O–H groups in total. The molecular weight excluding hydrogens is 258 g/mol. The second-order valence-corrected chi connectivity index (χ2v) is 5.14. The van der Waals surface area contributed by atoms with E-state index >= 15 is 0 Å². The predicted octanol–water partition coefficient (Wildman–Crippen LogP) is 2.95. The van der Waals surface area contributed by atoms with E-state index in [0.717, 1.165) is 10.2 Å². The maximum Gasteiger partial charge on any atom is 0.228 e. The molecule has 0 aliphatic carbocycles. The van der Waals surface area contributed by atoms with Crippen LogP contribution in [-0.4, -0.2) is 11.5 Å². The summed E-state index contributed by atoms with van der Waals surface area (Å²) >= 11 is 3.36. The van der Waals surface area contributed by atoms with E-state index in [-0.39, 0.29) is 5.91 Å². The number of anilines is 1. The zero-order valence-electron chi connectivity index (χ0n) is 8.63. The van der Waals surface area contributed by atoms with Gasteiger partial charge in [-0.15, -0.1) is 0 Å². The second-order valence-electron chi connectivity index (χ2n) is 4.23. The molecule has 80 valence electrons. The minimum atomic E-state index is -0.455. The number of nitrogens with one attached hydrogen (secondary N) is 1. The van der Waals surface area contributed by atoms with E-state index < -0.39 is 5.60 Å². The molecule has 1 heterocycles. The van der Waals surface area contributed by atoms with Crippen molar-refractivity contribution in [2.75, 3.05) is 5.32 Å². The van der Waals surface area contributed by atoms with Crippen molar-refractivity contribution in [1.82, 2.24) is 0 Å². The number of amides is 1.